The average molecular weight is 344 g/mol. The smallest absolute Gasteiger partial charge is 0.166 e. The Labute approximate surface area is 148 Å². The second-order valence-corrected chi connectivity index (χ2v) is 6.93. The Balaban J connectivity index is 1.99. The molecule has 0 saturated carbocycles. The molecule has 24 heavy (non-hydrogen) atoms. The molecular formula is C20H22ClNO2. The summed E-state index contributed by atoms with van der Waals surface area (Å²) in [5, 5.41) is 0.636. The van der Waals surface area contributed by atoms with Gasteiger partial charge < -0.3 is 9.64 Å². The SMILES string of the molecule is COc1ccc(CN2CCC(=O)c3cc(Cl)cc(C(C)C)c32)cc1. The first-order valence-corrected chi connectivity index (χ1v) is 8.62. The summed E-state index contributed by atoms with van der Waals surface area (Å²) in [4.78, 5) is 14.7. The number of nitrogens with zero attached hydrogens (tertiary/aromatic N) is 1. The number of methoxy groups -OCH3 is 1. The number of benzene rings is 2. The van der Waals surface area contributed by atoms with E-state index >= 15 is 0 Å². The molecule has 4 heteroatoms. The van der Waals surface area contributed by atoms with Crippen LogP contribution in [0.5, 0.6) is 5.75 Å². The first-order valence-electron chi connectivity index (χ1n) is 8.24. The average Bonchev–Trinajstić information content (AvgIpc) is 2.57. The van der Waals surface area contributed by atoms with Gasteiger partial charge in [0.2, 0.25) is 0 Å². The number of hydrogen-bond acceptors (Lipinski definition) is 3. The number of carbonyl (C=O) groups excluding carboxylic acids is 1. The van der Waals surface area contributed by atoms with Crippen LogP contribution in [0.15, 0.2) is 36.4 Å². The lowest BCUT2D eigenvalue weighted by Crippen LogP contribution is -2.33. The van der Waals surface area contributed by atoms with Crippen molar-refractivity contribution in [3.05, 3.63) is 58.1 Å². The zero-order valence-electron chi connectivity index (χ0n) is 14.3. The first-order chi connectivity index (χ1) is 11.5. The second-order valence-electron chi connectivity index (χ2n) is 6.49. The summed E-state index contributed by atoms with van der Waals surface area (Å²) >= 11 is 6.25. The number of Topliss-reactive ketones (excluding diaryl/α,β-unsaturated/α-hetero) is 1. The van der Waals surface area contributed by atoms with Gasteiger partial charge in [0, 0.05) is 30.1 Å². The molecule has 0 amide bonds. The number of halogens is 1. The highest BCUT2D eigenvalue weighted by Gasteiger charge is 2.27. The molecule has 126 valence electrons. The summed E-state index contributed by atoms with van der Waals surface area (Å²) in [5.74, 6) is 1.34. The molecule has 2 aromatic carbocycles. The van der Waals surface area contributed by atoms with Gasteiger partial charge in [-0.25, -0.2) is 0 Å². The van der Waals surface area contributed by atoms with E-state index in [0.717, 1.165) is 35.7 Å². The summed E-state index contributed by atoms with van der Waals surface area (Å²) in [6.45, 7) is 5.78. The normalized spacial score (nSPS) is 14.0. The van der Waals surface area contributed by atoms with Crippen LogP contribution < -0.4 is 9.64 Å². The molecule has 0 fully saturated rings. The van der Waals surface area contributed by atoms with Crippen molar-refractivity contribution in [1.29, 1.82) is 0 Å². The third-order valence-corrected chi connectivity index (χ3v) is 4.70. The van der Waals surface area contributed by atoms with Gasteiger partial charge in [0.25, 0.3) is 0 Å². The van der Waals surface area contributed by atoms with Crippen LogP contribution >= 0.6 is 11.6 Å². The fourth-order valence-electron chi connectivity index (χ4n) is 3.22. The molecule has 0 saturated heterocycles. The lowest BCUT2D eigenvalue weighted by Gasteiger charge is -2.34. The summed E-state index contributed by atoms with van der Waals surface area (Å²) in [7, 11) is 1.67. The fraction of sp³-hybridized carbons (Fsp3) is 0.350. The van der Waals surface area contributed by atoms with Gasteiger partial charge in [0.05, 0.1) is 12.8 Å². The predicted molar refractivity (Wildman–Crippen MR) is 98.5 cm³/mol. The summed E-state index contributed by atoms with van der Waals surface area (Å²) in [5.41, 5.74) is 4.13. The quantitative estimate of drug-likeness (QED) is 0.776. The molecule has 2 aromatic rings. The number of hydrogen-bond donors (Lipinski definition) is 0. The number of rotatable bonds is 4. The highest BCUT2D eigenvalue weighted by atomic mass is 35.5. The molecule has 0 atom stereocenters. The third kappa shape index (κ3) is 3.27. The van der Waals surface area contributed by atoms with Crippen LogP contribution in [0.4, 0.5) is 5.69 Å². The maximum absolute atomic E-state index is 12.4. The first kappa shape index (κ1) is 16.8. The minimum absolute atomic E-state index is 0.181. The molecule has 0 bridgehead atoms. The van der Waals surface area contributed by atoms with Crippen LogP contribution in [0, 0.1) is 0 Å². The number of carbonyl (C=O) groups is 1. The lowest BCUT2D eigenvalue weighted by molar-refractivity contribution is 0.0979. The highest BCUT2D eigenvalue weighted by Crippen LogP contribution is 2.38. The number of ketones is 1. The van der Waals surface area contributed by atoms with Crippen LogP contribution in [0.1, 0.15) is 47.7 Å². The van der Waals surface area contributed by atoms with E-state index in [1.54, 1.807) is 7.11 Å². The summed E-state index contributed by atoms with van der Waals surface area (Å²) < 4.78 is 5.22. The van der Waals surface area contributed by atoms with E-state index in [1.165, 1.54) is 5.56 Å². The van der Waals surface area contributed by atoms with Gasteiger partial charge >= 0.3 is 0 Å². The maximum Gasteiger partial charge on any atom is 0.166 e. The molecule has 0 N–H and O–H groups in total. The van der Waals surface area contributed by atoms with Crippen LogP contribution in [0.25, 0.3) is 0 Å². The van der Waals surface area contributed by atoms with E-state index in [2.05, 4.69) is 30.9 Å². The number of anilines is 1. The van der Waals surface area contributed by atoms with Crippen molar-refractivity contribution in [3.8, 4) is 5.75 Å². The van der Waals surface area contributed by atoms with E-state index in [-0.39, 0.29) is 5.78 Å². The van der Waals surface area contributed by atoms with Gasteiger partial charge in [0.15, 0.2) is 5.78 Å². The molecule has 1 aliphatic rings. The highest BCUT2D eigenvalue weighted by molar-refractivity contribution is 6.31. The van der Waals surface area contributed by atoms with E-state index in [4.69, 9.17) is 16.3 Å². The Morgan fingerprint density at radius 1 is 1.21 bits per heavy atom. The largest absolute Gasteiger partial charge is 0.497 e. The van der Waals surface area contributed by atoms with Crippen molar-refractivity contribution >= 4 is 23.1 Å². The van der Waals surface area contributed by atoms with Crippen molar-refractivity contribution < 1.29 is 9.53 Å². The van der Waals surface area contributed by atoms with E-state index in [9.17, 15) is 4.79 Å². The standard InChI is InChI=1S/C20H22ClNO2/c1-13(2)17-10-15(21)11-18-19(23)8-9-22(20(17)18)12-14-4-6-16(24-3)7-5-14/h4-7,10-11,13H,8-9,12H2,1-3H3. The van der Waals surface area contributed by atoms with Gasteiger partial charge in [-0.05, 0) is 41.3 Å². The Morgan fingerprint density at radius 3 is 2.54 bits per heavy atom. The monoisotopic (exact) mass is 343 g/mol. The van der Waals surface area contributed by atoms with Crippen LogP contribution in [0.2, 0.25) is 5.02 Å². The number of fused-ring (bicyclic) bond motifs is 1. The molecule has 0 spiro atoms. The molecule has 0 unspecified atom stereocenters. The molecular weight excluding hydrogens is 322 g/mol. The van der Waals surface area contributed by atoms with E-state index in [1.807, 2.05) is 24.3 Å². The van der Waals surface area contributed by atoms with Gasteiger partial charge in [-0.2, -0.15) is 0 Å². The molecule has 1 heterocycles. The van der Waals surface area contributed by atoms with Crippen LogP contribution in [-0.4, -0.2) is 19.4 Å². The van der Waals surface area contributed by atoms with Crippen molar-refractivity contribution in [1.82, 2.24) is 0 Å². The summed E-state index contributed by atoms with van der Waals surface area (Å²) in [6.07, 6.45) is 0.529. The molecule has 0 aliphatic carbocycles. The molecule has 3 rings (SSSR count). The Morgan fingerprint density at radius 2 is 1.92 bits per heavy atom. The third-order valence-electron chi connectivity index (χ3n) is 4.48. The van der Waals surface area contributed by atoms with Crippen molar-refractivity contribution in [2.24, 2.45) is 0 Å². The molecule has 1 aliphatic heterocycles. The van der Waals surface area contributed by atoms with E-state index < -0.39 is 0 Å². The van der Waals surface area contributed by atoms with Gasteiger partial charge in [-0.3, -0.25) is 4.79 Å². The predicted octanol–water partition coefficient (Wildman–Crippen LogP) is 5.07. The van der Waals surface area contributed by atoms with Gasteiger partial charge in [-0.15, -0.1) is 0 Å². The van der Waals surface area contributed by atoms with Crippen LogP contribution in [-0.2, 0) is 6.54 Å². The number of ether oxygens (including phenoxy) is 1. The van der Waals surface area contributed by atoms with Crippen molar-refractivity contribution in [3.63, 3.8) is 0 Å². The zero-order valence-corrected chi connectivity index (χ0v) is 15.1. The molecule has 3 nitrogen and oxygen atoms in total. The Kier molecular flexibility index (Phi) is 4.81. The van der Waals surface area contributed by atoms with Crippen molar-refractivity contribution in [2.45, 2.75) is 32.7 Å². The Bertz CT molecular complexity index is 753. The Hall–Kier alpha value is -2.00. The fourth-order valence-corrected chi connectivity index (χ4v) is 3.44. The van der Waals surface area contributed by atoms with Gasteiger partial charge in [0.1, 0.15) is 5.75 Å². The van der Waals surface area contributed by atoms with Crippen molar-refractivity contribution in [2.75, 3.05) is 18.6 Å². The second kappa shape index (κ2) is 6.86. The lowest BCUT2D eigenvalue weighted by atomic mass is 9.91. The molecule has 0 aromatic heterocycles. The minimum atomic E-state index is 0.181. The topological polar surface area (TPSA) is 29.5 Å². The molecule has 0 radical (unpaired) electrons. The summed E-state index contributed by atoms with van der Waals surface area (Å²) in [6, 6.07) is 11.9. The van der Waals surface area contributed by atoms with Crippen LogP contribution in [0.3, 0.4) is 0 Å². The van der Waals surface area contributed by atoms with E-state index in [0.29, 0.717) is 17.4 Å². The maximum atomic E-state index is 12.4. The van der Waals surface area contributed by atoms with Gasteiger partial charge in [-0.1, -0.05) is 37.6 Å². The zero-order chi connectivity index (χ0) is 17.3. The minimum Gasteiger partial charge on any atom is -0.497 e.